The fourth-order valence-corrected chi connectivity index (χ4v) is 3.18. The van der Waals surface area contributed by atoms with Crippen LogP contribution in [0, 0.1) is 20.8 Å². The number of aryl methyl sites for hydroxylation is 1. The molecule has 1 fully saturated rings. The van der Waals surface area contributed by atoms with E-state index >= 15 is 0 Å². The smallest absolute Gasteiger partial charge is 0.0359 e. The molecule has 0 spiro atoms. The normalized spacial score (nSPS) is 21.1. The van der Waals surface area contributed by atoms with Crippen molar-refractivity contribution in [3.8, 4) is 0 Å². The van der Waals surface area contributed by atoms with Crippen LogP contribution >= 0.6 is 0 Å². The van der Waals surface area contributed by atoms with E-state index in [0.29, 0.717) is 12.1 Å². The molecule has 2 atom stereocenters. The highest BCUT2D eigenvalue weighted by Crippen LogP contribution is 2.30. The standard InChI is InChI=1S/C17H28N2/c1-12-8-9-16(14(3)13(12)2)17(19(4)5)11-15-7-6-10-18-15/h8-9,15,17-18H,6-7,10-11H2,1-5H3. The molecule has 1 saturated heterocycles. The first-order valence-electron chi connectivity index (χ1n) is 7.47. The monoisotopic (exact) mass is 260 g/mol. The van der Waals surface area contributed by atoms with Gasteiger partial charge in [-0.25, -0.2) is 0 Å². The highest BCUT2D eigenvalue weighted by molar-refractivity contribution is 5.40. The van der Waals surface area contributed by atoms with E-state index in [-0.39, 0.29) is 0 Å². The highest BCUT2D eigenvalue weighted by atomic mass is 15.1. The van der Waals surface area contributed by atoms with Gasteiger partial charge in [-0.1, -0.05) is 12.1 Å². The van der Waals surface area contributed by atoms with Crippen LogP contribution in [-0.2, 0) is 0 Å². The van der Waals surface area contributed by atoms with E-state index in [0.717, 1.165) is 0 Å². The maximum Gasteiger partial charge on any atom is 0.0359 e. The lowest BCUT2D eigenvalue weighted by atomic mass is 9.90. The number of hydrogen-bond donors (Lipinski definition) is 1. The largest absolute Gasteiger partial charge is 0.314 e. The van der Waals surface area contributed by atoms with Crippen LogP contribution in [0.4, 0.5) is 0 Å². The second kappa shape index (κ2) is 6.06. The first kappa shape index (κ1) is 14.5. The quantitative estimate of drug-likeness (QED) is 0.893. The van der Waals surface area contributed by atoms with E-state index in [2.05, 4.69) is 57.2 Å². The summed E-state index contributed by atoms with van der Waals surface area (Å²) in [5.41, 5.74) is 5.82. The molecule has 0 bridgehead atoms. The van der Waals surface area contributed by atoms with Gasteiger partial charge in [-0.2, -0.15) is 0 Å². The average Bonchev–Trinajstić information content (AvgIpc) is 2.87. The van der Waals surface area contributed by atoms with E-state index in [4.69, 9.17) is 0 Å². The molecule has 0 radical (unpaired) electrons. The summed E-state index contributed by atoms with van der Waals surface area (Å²) >= 11 is 0. The highest BCUT2D eigenvalue weighted by Gasteiger charge is 2.23. The Morgan fingerprint density at radius 1 is 1.21 bits per heavy atom. The predicted octanol–water partition coefficient (Wildman–Crippen LogP) is 3.36. The summed E-state index contributed by atoms with van der Waals surface area (Å²) in [5, 5.41) is 3.63. The molecule has 0 amide bonds. The number of benzene rings is 1. The molecule has 1 heterocycles. The summed E-state index contributed by atoms with van der Waals surface area (Å²) in [6.45, 7) is 7.91. The molecule has 1 aliphatic heterocycles. The van der Waals surface area contributed by atoms with E-state index in [1.807, 2.05) is 0 Å². The van der Waals surface area contributed by atoms with E-state index in [9.17, 15) is 0 Å². The van der Waals surface area contributed by atoms with E-state index < -0.39 is 0 Å². The molecule has 2 rings (SSSR count). The van der Waals surface area contributed by atoms with Gasteiger partial charge in [-0.15, -0.1) is 0 Å². The van der Waals surface area contributed by atoms with Crippen molar-refractivity contribution in [1.29, 1.82) is 0 Å². The molecule has 2 unspecified atom stereocenters. The van der Waals surface area contributed by atoms with Gasteiger partial charge in [-0.3, -0.25) is 0 Å². The summed E-state index contributed by atoms with van der Waals surface area (Å²) in [5.74, 6) is 0. The van der Waals surface area contributed by atoms with Gasteiger partial charge in [0.2, 0.25) is 0 Å². The summed E-state index contributed by atoms with van der Waals surface area (Å²) in [6, 6.07) is 5.82. The third-order valence-electron chi connectivity index (χ3n) is 4.75. The van der Waals surface area contributed by atoms with Gasteiger partial charge in [-0.05, 0) is 82.9 Å². The third kappa shape index (κ3) is 3.18. The lowest BCUT2D eigenvalue weighted by Crippen LogP contribution is -2.30. The minimum absolute atomic E-state index is 0.523. The van der Waals surface area contributed by atoms with Crippen LogP contribution in [0.1, 0.15) is 47.6 Å². The molecular weight excluding hydrogens is 232 g/mol. The Morgan fingerprint density at radius 3 is 2.53 bits per heavy atom. The zero-order valence-corrected chi connectivity index (χ0v) is 13.1. The van der Waals surface area contributed by atoms with Crippen molar-refractivity contribution in [2.75, 3.05) is 20.6 Å². The van der Waals surface area contributed by atoms with Crippen molar-refractivity contribution >= 4 is 0 Å². The van der Waals surface area contributed by atoms with Gasteiger partial charge < -0.3 is 10.2 Å². The molecule has 1 aromatic rings. The number of nitrogens with one attached hydrogen (secondary N) is 1. The van der Waals surface area contributed by atoms with Crippen molar-refractivity contribution in [2.24, 2.45) is 0 Å². The van der Waals surface area contributed by atoms with Gasteiger partial charge in [0, 0.05) is 12.1 Å². The second-order valence-electron chi connectivity index (χ2n) is 6.23. The second-order valence-corrected chi connectivity index (χ2v) is 6.23. The molecule has 0 aliphatic carbocycles. The van der Waals surface area contributed by atoms with Crippen LogP contribution in [0.5, 0.6) is 0 Å². The van der Waals surface area contributed by atoms with Gasteiger partial charge in [0.15, 0.2) is 0 Å². The Morgan fingerprint density at radius 2 is 1.95 bits per heavy atom. The third-order valence-corrected chi connectivity index (χ3v) is 4.75. The topological polar surface area (TPSA) is 15.3 Å². The average molecular weight is 260 g/mol. The first-order valence-corrected chi connectivity index (χ1v) is 7.47. The zero-order valence-electron chi connectivity index (χ0n) is 13.1. The summed E-state index contributed by atoms with van der Waals surface area (Å²) in [7, 11) is 4.41. The molecule has 1 N–H and O–H groups in total. The van der Waals surface area contributed by atoms with Gasteiger partial charge in [0.1, 0.15) is 0 Å². The van der Waals surface area contributed by atoms with Gasteiger partial charge in [0.05, 0.1) is 0 Å². The predicted molar refractivity (Wildman–Crippen MR) is 82.7 cm³/mol. The molecule has 1 aromatic carbocycles. The number of hydrogen-bond acceptors (Lipinski definition) is 2. The van der Waals surface area contributed by atoms with Gasteiger partial charge >= 0.3 is 0 Å². The first-order chi connectivity index (χ1) is 9.00. The molecule has 1 aliphatic rings. The minimum Gasteiger partial charge on any atom is -0.314 e. The number of nitrogens with zero attached hydrogens (tertiary/aromatic N) is 1. The maximum absolute atomic E-state index is 3.63. The summed E-state index contributed by atoms with van der Waals surface area (Å²) in [6.07, 6.45) is 3.88. The fraction of sp³-hybridized carbons (Fsp3) is 0.647. The van der Waals surface area contributed by atoms with Gasteiger partial charge in [0.25, 0.3) is 0 Å². The van der Waals surface area contributed by atoms with Crippen molar-refractivity contribution in [2.45, 2.75) is 52.1 Å². The van der Waals surface area contributed by atoms with Crippen LogP contribution in [0.2, 0.25) is 0 Å². The molecule has 0 saturated carbocycles. The van der Waals surface area contributed by atoms with Crippen LogP contribution in [0.3, 0.4) is 0 Å². The Balaban J connectivity index is 2.25. The molecule has 0 aromatic heterocycles. The molecular formula is C17H28N2. The minimum atomic E-state index is 0.523. The van der Waals surface area contributed by atoms with Crippen LogP contribution < -0.4 is 5.32 Å². The molecule has 19 heavy (non-hydrogen) atoms. The van der Waals surface area contributed by atoms with Crippen molar-refractivity contribution in [3.63, 3.8) is 0 Å². The maximum atomic E-state index is 3.63. The SMILES string of the molecule is Cc1ccc(C(CC2CCCN2)N(C)C)c(C)c1C. The summed E-state index contributed by atoms with van der Waals surface area (Å²) < 4.78 is 0. The van der Waals surface area contributed by atoms with Crippen molar-refractivity contribution in [3.05, 3.63) is 34.4 Å². The number of rotatable bonds is 4. The zero-order chi connectivity index (χ0) is 14.0. The van der Waals surface area contributed by atoms with Crippen LogP contribution in [0.25, 0.3) is 0 Å². The Kier molecular flexibility index (Phi) is 4.64. The van der Waals surface area contributed by atoms with E-state index in [1.165, 1.54) is 48.1 Å². The van der Waals surface area contributed by atoms with E-state index in [1.54, 1.807) is 0 Å². The van der Waals surface area contributed by atoms with Crippen LogP contribution in [0.15, 0.2) is 12.1 Å². The Hall–Kier alpha value is -0.860. The molecule has 106 valence electrons. The lowest BCUT2D eigenvalue weighted by molar-refractivity contribution is 0.262. The Labute approximate surface area is 118 Å². The Bertz CT molecular complexity index is 431. The molecule has 2 nitrogen and oxygen atoms in total. The summed E-state index contributed by atoms with van der Waals surface area (Å²) in [4.78, 5) is 2.37. The van der Waals surface area contributed by atoms with Crippen LogP contribution in [-0.4, -0.2) is 31.6 Å². The van der Waals surface area contributed by atoms with Crippen molar-refractivity contribution in [1.82, 2.24) is 10.2 Å². The molecule has 2 heteroatoms. The fourth-order valence-electron chi connectivity index (χ4n) is 3.18. The van der Waals surface area contributed by atoms with Crippen molar-refractivity contribution < 1.29 is 0 Å². The lowest BCUT2D eigenvalue weighted by Gasteiger charge is -2.29.